The molecular formula is C23H28N4O6S. The molecule has 11 heteroatoms. The first-order chi connectivity index (χ1) is 16.2. The molecule has 1 atom stereocenters. The number of esters is 1. The van der Waals surface area contributed by atoms with Gasteiger partial charge in [0.05, 0.1) is 10.5 Å². The molecule has 182 valence electrons. The highest BCUT2D eigenvalue weighted by molar-refractivity contribution is 7.89. The second kappa shape index (κ2) is 11.1. The van der Waals surface area contributed by atoms with Gasteiger partial charge in [-0.15, -0.1) is 0 Å². The van der Waals surface area contributed by atoms with E-state index < -0.39 is 34.0 Å². The van der Waals surface area contributed by atoms with Crippen LogP contribution in [-0.4, -0.2) is 69.5 Å². The van der Waals surface area contributed by atoms with Gasteiger partial charge in [-0.1, -0.05) is 24.3 Å². The average molecular weight is 489 g/mol. The molecule has 0 bridgehead atoms. The SMILES string of the molecule is CCNC(=O)NC(=O)C(C)OC(=O)c1cccc(S(=O)(=O)N2CCN(c3ccccc3)CC2)c1. The van der Waals surface area contributed by atoms with E-state index in [0.717, 1.165) is 5.69 Å². The molecule has 34 heavy (non-hydrogen) atoms. The maximum atomic E-state index is 13.2. The Balaban J connectivity index is 1.64. The molecule has 2 N–H and O–H groups in total. The maximum absolute atomic E-state index is 13.2. The highest BCUT2D eigenvalue weighted by Gasteiger charge is 2.29. The van der Waals surface area contributed by atoms with E-state index >= 15 is 0 Å². The van der Waals surface area contributed by atoms with Crippen LogP contribution in [0.1, 0.15) is 24.2 Å². The summed E-state index contributed by atoms with van der Waals surface area (Å²) in [6, 6.07) is 14.6. The van der Waals surface area contributed by atoms with Gasteiger partial charge in [-0.25, -0.2) is 18.0 Å². The van der Waals surface area contributed by atoms with Crippen molar-refractivity contribution in [3.05, 3.63) is 60.2 Å². The Morgan fingerprint density at radius 3 is 2.32 bits per heavy atom. The largest absolute Gasteiger partial charge is 0.449 e. The summed E-state index contributed by atoms with van der Waals surface area (Å²) in [5.41, 5.74) is 1.02. The van der Waals surface area contributed by atoms with E-state index in [1.165, 1.54) is 35.5 Å². The van der Waals surface area contributed by atoms with Crippen LogP contribution in [0.5, 0.6) is 0 Å². The van der Waals surface area contributed by atoms with Gasteiger partial charge >= 0.3 is 12.0 Å². The lowest BCUT2D eigenvalue weighted by Gasteiger charge is -2.35. The molecule has 3 rings (SSSR count). The van der Waals surface area contributed by atoms with Crippen molar-refractivity contribution in [1.82, 2.24) is 14.9 Å². The molecule has 1 aliphatic rings. The van der Waals surface area contributed by atoms with Crippen molar-refractivity contribution in [3.63, 3.8) is 0 Å². The van der Waals surface area contributed by atoms with E-state index in [1.54, 1.807) is 6.92 Å². The summed E-state index contributed by atoms with van der Waals surface area (Å²) in [6.07, 6.45) is -1.25. The van der Waals surface area contributed by atoms with Crippen LogP contribution in [0.3, 0.4) is 0 Å². The molecule has 10 nitrogen and oxygen atoms in total. The van der Waals surface area contributed by atoms with Gasteiger partial charge < -0.3 is 15.0 Å². The number of ether oxygens (including phenoxy) is 1. The minimum absolute atomic E-state index is 0.0124. The van der Waals surface area contributed by atoms with Gasteiger partial charge in [0.2, 0.25) is 10.0 Å². The van der Waals surface area contributed by atoms with Crippen LogP contribution in [0.4, 0.5) is 10.5 Å². The molecule has 2 aromatic rings. The number of nitrogens with one attached hydrogen (secondary N) is 2. The Kier molecular flexibility index (Phi) is 8.24. The summed E-state index contributed by atoms with van der Waals surface area (Å²) in [4.78, 5) is 38.1. The molecular weight excluding hydrogens is 460 g/mol. The van der Waals surface area contributed by atoms with Gasteiger partial charge in [-0.05, 0) is 44.2 Å². The highest BCUT2D eigenvalue weighted by atomic mass is 32.2. The fourth-order valence-corrected chi connectivity index (χ4v) is 4.93. The van der Waals surface area contributed by atoms with E-state index in [0.29, 0.717) is 32.7 Å². The van der Waals surface area contributed by atoms with E-state index in [4.69, 9.17) is 4.74 Å². The van der Waals surface area contributed by atoms with E-state index in [1.807, 2.05) is 30.3 Å². The van der Waals surface area contributed by atoms with Crippen molar-refractivity contribution in [1.29, 1.82) is 0 Å². The number of rotatable bonds is 7. The quantitative estimate of drug-likeness (QED) is 0.567. The van der Waals surface area contributed by atoms with Crippen LogP contribution in [0, 0.1) is 0 Å². The van der Waals surface area contributed by atoms with E-state index in [9.17, 15) is 22.8 Å². The third-order valence-electron chi connectivity index (χ3n) is 5.29. The Bertz CT molecular complexity index is 1130. The normalized spacial score (nSPS) is 15.3. The molecule has 1 unspecified atom stereocenters. The summed E-state index contributed by atoms with van der Waals surface area (Å²) in [7, 11) is -3.82. The second-order valence-electron chi connectivity index (χ2n) is 7.65. The van der Waals surface area contributed by atoms with Gasteiger partial charge in [0.15, 0.2) is 6.10 Å². The zero-order chi connectivity index (χ0) is 24.7. The van der Waals surface area contributed by atoms with Gasteiger partial charge in [-0.3, -0.25) is 10.1 Å². The van der Waals surface area contributed by atoms with Crippen molar-refractivity contribution in [2.75, 3.05) is 37.6 Å². The highest BCUT2D eigenvalue weighted by Crippen LogP contribution is 2.22. The number of amides is 3. The number of hydrogen-bond donors (Lipinski definition) is 2. The molecule has 0 aromatic heterocycles. The minimum Gasteiger partial charge on any atom is -0.449 e. The number of piperazine rings is 1. The molecule has 2 aromatic carbocycles. The first-order valence-electron chi connectivity index (χ1n) is 10.9. The molecule has 0 aliphatic carbocycles. The molecule has 0 radical (unpaired) electrons. The van der Waals surface area contributed by atoms with Crippen molar-refractivity contribution in [2.45, 2.75) is 24.8 Å². The van der Waals surface area contributed by atoms with Crippen LogP contribution in [0.2, 0.25) is 0 Å². The minimum atomic E-state index is -3.82. The molecule has 0 spiro atoms. The Labute approximate surface area is 198 Å². The molecule has 0 saturated carbocycles. The zero-order valence-electron chi connectivity index (χ0n) is 19.1. The average Bonchev–Trinajstić information content (AvgIpc) is 2.84. The van der Waals surface area contributed by atoms with Gasteiger partial charge in [0, 0.05) is 38.4 Å². The number of urea groups is 1. The van der Waals surface area contributed by atoms with Gasteiger partial charge in [0.25, 0.3) is 5.91 Å². The van der Waals surface area contributed by atoms with Crippen LogP contribution in [0.15, 0.2) is 59.5 Å². The summed E-state index contributed by atoms with van der Waals surface area (Å²) in [5.74, 6) is -1.66. The van der Waals surface area contributed by atoms with Crippen molar-refractivity contribution in [2.24, 2.45) is 0 Å². The van der Waals surface area contributed by atoms with Crippen LogP contribution < -0.4 is 15.5 Å². The smallest absolute Gasteiger partial charge is 0.338 e. The van der Waals surface area contributed by atoms with Crippen LogP contribution >= 0.6 is 0 Å². The number of anilines is 1. The Hall–Kier alpha value is -3.44. The molecule has 1 heterocycles. The fraction of sp³-hybridized carbons (Fsp3) is 0.348. The van der Waals surface area contributed by atoms with Gasteiger partial charge in [-0.2, -0.15) is 4.31 Å². The lowest BCUT2D eigenvalue weighted by atomic mass is 10.2. The first-order valence-corrected chi connectivity index (χ1v) is 12.4. The van der Waals surface area contributed by atoms with Crippen LogP contribution in [-0.2, 0) is 19.6 Å². The molecule has 1 aliphatic heterocycles. The van der Waals surface area contributed by atoms with Crippen LogP contribution in [0.25, 0.3) is 0 Å². The second-order valence-corrected chi connectivity index (χ2v) is 9.59. The Morgan fingerprint density at radius 2 is 1.68 bits per heavy atom. The standard InChI is InChI=1S/C23H28N4O6S/c1-3-24-23(30)25-21(28)17(2)33-22(29)18-8-7-11-20(16-18)34(31,32)27-14-12-26(13-15-27)19-9-5-4-6-10-19/h4-11,16-17H,3,12-15H2,1-2H3,(H2,24,25,28,30). The number of nitrogens with zero attached hydrogens (tertiary/aromatic N) is 2. The number of benzene rings is 2. The third-order valence-corrected chi connectivity index (χ3v) is 7.19. The molecule has 1 fully saturated rings. The van der Waals surface area contributed by atoms with Crippen molar-refractivity contribution in [3.8, 4) is 0 Å². The number of carbonyl (C=O) groups is 3. The number of para-hydroxylation sites is 1. The summed E-state index contributed by atoms with van der Waals surface area (Å²) < 4.78 is 32.8. The topological polar surface area (TPSA) is 125 Å². The predicted octanol–water partition coefficient (Wildman–Crippen LogP) is 1.59. The van der Waals surface area contributed by atoms with Crippen molar-refractivity contribution < 1.29 is 27.5 Å². The first kappa shape index (κ1) is 25.2. The number of hydrogen-bond acceptors (Lipinski definition) is 7. The summed E-state index contributed by atoms with van der Waals surface area (Å²) in [6.45, 7) is 5.05. The number of imide groups is 1. The van der Waals surface area contributed by atoms with E-state index in [-0.39, 0.29) is 10.5 Å². The molecule has 3 amide bonds. The number of carbonyl (C=O) groups excluding carboxylic acids is 3. The predicted molar refractivity (Wildman–Crippen MR) is 126 cm³/mol. The fourth-order valence-electron chi connectivity index (χ4n) is 3.46. The zero-order valence-corrected chi connectivity index (χ0v) is 19.9. The van der Waals surface area contributed by atoms with Gasteiger partial charge in [0.1, 0.15) is 0 Å². The summed E-state index contributed by atoms with van der Waals surface area (Å²) in [5, 5.41) is 4.46. The lowest BCUT2D eigenvalue weighted by molar-refractivity contribution is -0.127. The monoisotopic (exact) mass is 488 g/mol. The van der Waals surface area contributed by atoms with Crippen molar-refractivity contribution >= 4 is 33.6 Å². The Morgan fingerprint density at radius 1 is 1.00 bits per heavy atom. The lowest BCUT2D eigenvalue weighted by Crippen LogP contribution is -2.48. The third kappa shape index (κ3) is 6.12. The maximum Gasteiger partial charge on any atom is 0.338 e. The molecule has 1 saturated heterocycles. The van der Waals surface area contributed by atoms with E-state index in [2.05, 4.69) is 15.5 Å². The number of sulfonamides is 1. The summed E-state index contributed by atoms with van der Waals surface area (Å²) >= 11 is 0.